The third-order valence-corrected chi connectivity index (χ3v) is 2.48. The van der Waals surface area contributed by atoms with Gasteiger partial charge >= 0.3 is 0 Å². The molecule has 0 aromatic carbocycles. The fourth-order valence-corrected chi connectivity index (χ4v) is 1.47. The van der Waals surface area contributed by atoms with E-state index in [4.69, 9.17) is 10.5 Å². The topological polar surface area (TPSA) is 35.2 Å². The summed E-state index contributed by atoms with van der Waals surface area (Å²) in [6.07, 6.45) is 5.88. The lowest BCUT2D eigenvalue weighted by Gasteiger charge is -2.26. The highest BCUT2D eigenvalue weighted by molar-refractivity contribution is 4.75. The number of hydrogen-bond donors (Lipinski definition) is 1. The van der Waals surface area contributed by atoms with E-state index in [-0.39, 0.29) is 5.60 Å². The molecule has 0 saturated heterocycles. The molecule has 0 spiro atoms. The van der Waals surface area contributed by atoms with Crippen molar-refractivity contribution >= 4 is 0 Å². The van der Waals surface area contributed by atoms with Crippen LogP contribution in [0.2, 0.25) is 0 Å². The Hall–Kier alpha value is -0.0800. The first kappa shape index (κ1) is 12.9. The molecule has 2 heteroatoms. The summed E-state index contributed by atoms with van der Waals surface area (Å²) >= 11 is 0. The molecule has 0 bridgehead atoms. The zero-order valence-corrected chi connectivity index (χ0v) is 9.60. The quantitative estimate of drug-likeness (QED) is 0.622. The van der Waals surface area contributed by atoms with Gasteiger partial charge in [0.15, 0.2) is 0 Å². The Morgan fingerprint density at radius 1 is 1.31 bits per heavy atom. The highest BCUT2D eigenvalue weighted by atomic mass is 16.5. The van der Waals surface area contributed by atoms with E-state index >= 15 is 0 Å². The number of hydrogen-bond acceptors (Lipinski definition) is 2. The molecule has 13 heavy (non-hydrogen) atoms. The Balaban J connectivity index is 3.55. The second-order valence-electron chi connectivity index (χ2n) is 4.42. The van der Waals surface area contributed by atoms with Gasteiger partial charge in [-0.3, -0.25) is 0 Å². The third kappa shape index (κ3) is 7.03. The summed E-state index contributed by atoms with van der Waals surface area (Å²) in [4.78, 5) is 0. The Kier molecular flexibility index (Phi) is 6.35. The summed E-state index contributed by atoms with van der Waals surface area (Å²) in [6.45, 7) is 6.39. The van der Waals surface area contributed by atoms with Crippen LogP contribution in [0.4, 0.5) is 0 Å². The number of unbranched alkanes of at least 4 members (excludes halogenated alkanes) is 2. The van der Waals surface area contributed by atoms with Crippen LogP contribution < -0.4 is 5.73 Å². The van der Waals surface area contributed by atoms with Crippen molar-refractivity contribution in [3.63, 3.8) is 0 Å². The standard InChI is InChI=1S/C11H25NO/c1-5-6-7-8-10(12)9-11(2,3)13-4/h10H,5-9,12H2,1-4H3. The smallest absolute Gasteiger partial charge is 0.0637 e. The van der Waals surface area contributed by atoms with Gasteiger partial charge in [0.25, 0.3) is 0 Å². The lowest BCUT2D eigenvalue weighted by molar-refractivity contribution is 0.00941. The molecular weight excluding hydrogens is 162 g/mol. The normalized spacial score (nSPS) is 14.5. The summed E-state index contributed by atoms with van der Waals surface area (Å²) in [5.41, 5.74) is 5.93. The minimum absolute atomic E-state index is 0.0639. The number of methoxy groups -OCH3 is 1. The molecule has 80 valence electrons. The zero-order chi connectivity index (χ0) is 10.3. The van der Waals surface area contributed by atoms with Crippen LogP contribution in [0.15, 0.2) is 0 Å². The van der Waals surface area contributed by atoms with Gasteiger partial charge in [0.05, 0.1) is 5.60 Å². The average molecular weight is 187 g/mol. The molecule has 0 aromatic heterocycles. The number of nitrogens with two attached hydrogens (primary N) is 1. The van der Waals surface area contributed by atoms with Crippen molar-refractivity contribution < 1.29 is 4.74 Å². The van der Waals surface area contributed by atoms with Gasteiger partial charge in [-0.1, -0.05) is 26.2 Å². The van der Waals surface area contributed by atoms with Crippen molar-refractivity contribution in [2.24, 2.45) is 5.73 Å². The number of ether oxygens (including phenoxy) is 1. The predicted molar refractivity (Wildman–Crippen MR) is 57.8 cm³/mol. The van der Waals surface area contributed by atoms with Crippen molar-refractivity contribution in [3.05, 3.63) is 0 Å². The van der Waals surface area contributed by atoms with Gasteiger partial charge in [0.2, 0.25) is 0 Å². The van der Waals surface area contributed by atoms with Crippen LogP contribution in [0.5, 0.6) is 0 Å². The van der Waals surface area contributed by atoms with E-state index in [9.17, 15) is 0 Å². The second-order valence-corrected chi connectivity index (χ2v) is 4.42. The molecule has 0 heterocycles. The predicted octanol–water partition coefficient (Wildman–Crippen LogP) is 2.71. The molecule has 0 aliphatic rings. The molecule has 0 amide bonds. The molecule has 0 fully saturated rings. The summed E-state index contributed by atoms with van der Waals surface area (Å²) < 4.78 is 5.33. The fourth-order valence-electron chi connectivity index (χ4n) is 1.47. The molecular formula is C11H25NO. The lowest BCUT2D eigenvalue weighted by Crippen LogP contribution is -2.33. The molecule has 2 nitrogen and oxygen atoms in total. The van der Waals surface area contributed by atoms with Crippen LogP contribution in [-0.4, -0.2) is 18.8 Å². The average Bonchev–Trinajstić information content (AvgIpc) is 2.04. The van der Waals surface area contributed by atoms with Crippen molar-refractivity contribution in [3.8, 4) is 0 Å². The third-order valence-electron chi connectivity index (χ3n) is 2.48. The van der Waals surface area contributed by atoms with Crippen LogP contribution in [0, 0.1) is 0 Å². The van der Waals surface area contributed by atoms with E-state index in [1.807, 2.05) is 0 Å². The maximum absolute atomic E-state index is 6.00. The van der Waals surface area contributed by atoms with Crippen LogP contribution in [0.3, 0.4) is 0 Å². The van der Waals surface area contributed by atoms with Gasteiger partial charge in [-0.25, -0.2) is 0 Å². The molecule has 2 N–H and O–H groups in total. The molecule has 0 aromatic rings. The van der Waals surface area contributed by atoms with Crippen LogP contribution in [-0.2, 0) is 4.74 Å². The van der Waals surface area contributed by atoms with Gasteiger partial charge in [0, 0.05) is 13.2 Å². The molecule has 0 saturated carbocycles. The molecule has 0 radical (unpaired) electrons. The summed E-state index contributed by atoms with van der Waals surface area (Å²) in [6, 6.07) is 0.293. The summed E-state index contributed by atoms with van der Waals surface area (Å²) in [5, 5.41) is 0. The maximum atomic E-state index is 6.00. The van der Waals surface area contributed by atoms with Crippen LogP contribution in [0.1, 0.15) is 52.9 Å². The Morgan fingerprint density at radius 3 is 2.38 bits per heavy atom. The molecule has 1 unspecified atom stereocenters. The Labute approximate surface area is 82.8 Å². The highest BCUT2D eigenvalue weighted by Gasteiger charge is 2.19. The lowest BCUT2D eigenvalue weighted by atomic mass is 9.96. The SMILES string of the molecule is CCCCCC(N)CC(C)(C)OC. The number of rotatable bonds is 7. The highest BCUT2D eigenvalue weighted by Crippen LogP contribution is 2.17. The van der Waals surface area contributed by atoms with E-state index in [0.29, 0.717) is 6.04 Å². The van der Waals surface area contributed by atoms with Crippen molar-refractivity contribution in [2.75, 3.05) is 7.11 Å². The molecule has 0 aliphatic heterocycles. The summed E-state index contributed by atoms with van der Waals surface area (Å²) in [5.74, 6) is 0. The van der Waals surface area contributed by atoms with Gasteiger partial charge in [-0.2, -0.15) is 0 Å². The van der Waals surface area contributed by atoms with E-state index in [1.165, 1.54) is 19.3 Å². The van der Waals surface area contributed by atoms with Gasteiger partial charge in [-0.05, 0) is 26.7 Å². The Morgan fingerprint density at radius 2 is 1.92 bits per heavy atom. The minimum Gasteiger partial charge on any atom is -0.379 e. The van der Waals surface area contributed by atoms with Crippen LogP contribution in [0.25, 0.3) is 0 Å². The minimum atomic E-state index is -0.0639. The first-order chi connectivity index (χ1) is 6.02. The molecule has 0 rings (SSSR count). The van der Waals surface area contributed by atoms with Crippen molar-refractivity contribution in [1.82, 2.24) is 0 Å². The van der Waals surface area contributed by atoms with E-state index in [2.05, 4.69) is 20.8 Å². The molecule has 0 aliphatic carbocycles. The van der Waals surface area contributed by atoms with Gasteiger partial charge < -0.3 is 10.5 Å². The second kappa shape index (κ2) is 6.39. The molecule has 1 atom stereocenters. The first-order valence-corrected chi connectivity index (χ1v) is 5.32. The van der Waals surface area contributed by atoms with E-state index in [0.717, 1.165) is 12.8 Å². The largest absolute Gasteiger partial charge is 0.379 e. The van der Waals surface area contributed by atoms with Crippen LogP contribution >= 0.6 is 0 Å². The summed E-state index contributed by atoms with van der Waals surface area (Å²) in [7, 11) is 1.75. The van der Waals surface area contributed by atoms with Gasteiger partial charge in [0.1, 0.15) is 0 Å². The van der Waals surface area contributed by atoms with E-state index in [1.54, 1.807) is 7.11 Å². The first-order valence-electron chi connectivity index (χ1n) is 5.32. The monoisotopic (exact) mass is 187 g/mol. The maximum Gasteiger partial charge on any atom is 0.0637 e. The van der Waals surface area contributed by atoms with E-state index < -0.39 is 0 Å². The van der Waals surface area contributed by atoms with Crippen molar-refractivity contribution in [2.45, 2.75) is 64.5 Å². The zero-order valence-electron chi connectivity index (χ0n) is 9.60. The Bertz CT molecular complexity index is 123. The van der Waals surface area contributed by atoms with Gasteiger partial charge in [-0.15, -0.1) is 0 Å². The van der Waals surface area contributed by atoms with Crippen molar-refractivity contribution in [1.29, 1.82) is 0 Å². The fraction of sp³-hybridized carbons (Fsp3) is 1.00.